The van der Waals surface area contributed by atoms with Crippen LogP contribution in [-0.4, -0.2) is 21.9 Å². The minimum atomic E-state index is -1.02. The summed E-state index contributed by atoms with van der Waals surface area (Å²) in [5.74, 6) is 0.937. The van der Waals surface area contributed by atoms with E-state index in [-0.39, 0.29) is 0 Å². The standard InChI is InChI=1S/C10H18O2/c1-7(2)8-4-5-10(3,12)9(11)6-8/h4-5,7-9,11-12H,6H2,1-3H3/t8-,9+,10-/m0/s1. The molecule has 3 atom stereocenters. The summed E-state index contributed by atoms with van der Waals surface area (Å²) in [6.07, 6.45) is 3.78. The highest BCUT2D eigenvalue weighted by atomic mass is 16.3. The van der Waals surface area contributed by atoms with Crippen LogP contribution in [-0.2, 0) is 0 Å². The van der Waals surface area contributed by atoms with E-state index in [4.69, 9.17) is 0 Å². The third-order valence-electron chi connectivity index (χ3n) is 2.71. The van der Waals surface area contributed by atoms with Crippen molar-refractivity contribution in [2.45, 2.75) is 38.9 Å². The Hall–Kier alpha value is -0.340. The van der Waals surface area contributed by atoms with Crippen molar-refractivity contribution in [3.05, 3.63) is 12.2 Å². The van der Waals surface area contributed by atoms with E-state index < -0.39 is 11.7 Å². The summed E-state index contributed by atoms with van der Waals surface area (Å²) >= 11 is 0. The quantitative estimate of drug-likeness (QED) is 0.583. The van der Waals surface area contributed by atoms with Gasteiger partial charge in [0.25, 0.3) is 0 Å². The normalized spacial score (nSPS) is 42.2. The van der Waals surface area contributed by atoms with Crippen molar-refractivity contribution in [2.75, 3.05) is 0 Å². The molecule has 0 unspecified atom stereocenters. The van der Waals surface area contributed by atoms with Crippen molar-refractivity contribution in [1.29, 1.82) is 0 Å². The van der Waals surface area contributed by atoms with Gasteiger partial charge in [-0.2, -0.15) is 0 Å². The van der Waals surface area contributed by atoms with Crippen LogP contribution in [0, 0.1) is 11.8 Å². The molecule has 0 aromatic rings. The third-order valence-corrected chi connectivity index (χ3v) is 2.71. The molecule has 70 valence electrons. The molecule has 2 heteroatoms. The summed E-state index contributed by atoms with van der Waals surface area (Å²) in [4.78, 5) is 0. The van der Waals surface area contributed by atoms with Gasteiger partial charge in [0, 0.05) is 0 Å². The topological polar surface area (TPSA) is 40.5 Å². The summed E-state index contributed by atoms with van der Waals surface area (Å²) in [5.41, 5.74) is -1.02. The summed E-state index contributed by atoms with van der Waals surface area (Å²) < 4.78 is 0. The zero-order chi connectivity index (χ0) is 9.35. The van der Waals surface area contributed by atoms with Crippen LogP contribution in [0.3, 0.4) is 0 Å². The smallest absolute Gasteiger partial charge is 0.106 e. The second-order valence-corrected chi connectivity index (χ2v) is 4.24. The van der Waals surface area contributed by atoms with Crippen molar-refractivity contribution >= 4 is 0 Å². The Labute approximate surface area is 73.9 Å². The lowest BCUT2D eigenvalue weighted by Crippen LogP contribution is -2.41. The summed E-state index contributed by atoms with van der Waals surface area (Å²) in [5, 5.41) is 19.2. The summed E-state index contributed by atoms with van der Waals surface area (Å²) in [6.45, 7) is 5.90. The van der Waals surface area contributed by atoms with Gasteiger partial charge in [-0.05, 0) is 25.2 Å². The molecule has 0 aromatic carbocycles. The number of rotatable bonds is 1. The molecule has 0 bridgehead atoms. The van der Waals surface area contributed by atoms with E-state index in [1.165, 1.54) is 0 Å². The lowest BCUT2D eigenvalue weighted by Gasteiger charge is -2.34. The molecule has 0 aliphatic heterocycles. The van der Waals surface area contributed by atoms with Gasteiger partial charge in [-0.3, -0.25) is 0 Å². The molecule has 0 aromatic heterocycles. The minimum absolute atomic E-state index is 0.403. The first-order valence-corrected chi connectivity index (χ1v) is 4.53. The summed E-state index contributed by atoms with van der Waals surface area (Å²) in [7, 11) is 0. The molecule has 1 aliphatic rings. The second-order valence-electron chi connectivity index (χ2n) is 4.24. The minimum Gasteiger partial charge on any atom is -0.390 e. The predicted octanol–water partition coefficient (Wildman–Crippen LogP) is 1.33. The highest BCUT2D eigenvalue weighted by Crippen LogP contribution is 2.29. The molecule has 0 fully saturated rings. The van der Waals surface area contributed by atoms with E-state index in [0.717, 1.165) is 0 Å². The molecule has 0 saturated carbocycles. The summed E-state index contributed by atoms with van der Waals surface area (Å²) in [6, 6.07) is 0. The van der Waals surface area contributed by atoms with Crippen LogP contribution < -0.4 is 0 Å². The van der Waals surface area contributed by atoms with Gasteiger partial charge in [-0.1, -0.05) is 26.0 Å². The van der Waals surface area contributed by atoms with Gasteiger partial charge in [0.05, 0.1) is 6.10 Å². The van der Waals surface area contributed by atoms with Crippen LogP contribution in [0.2, 0.25) is 0 Å². The molecular formula is C10H18O2. The largest absolute Gasteiger partial charge is 0.390 e. The van der Waals surface area contributed by atoms with Crippen molar-refractivity contribution in [3.8, 4) is 0 Å². The van der Waals surface area contributed by atoms with E-state index >= 15 is 0 Å². The lowest BCUT2D eigenvalue weighted by molar-refractivity contribution is -0.0447. The van der Waals surface area contributed by atoms with Gasteiger partial charge in [-0.15, -0.1) is 0 Å². The SMILES string of the molecule is CC(C)[C@H]1C=C[C@](C)(O)[C@H](O)C1. The van der Waals surface area contributed by atoms with Gasteiger partial charge in [0.1, 0.15) is 5.60 Å². The third kappa shape index (κ3) is 1.87. The molecular weight excluding hydrogens is 152 g/mol. The molecule has 0 saturated heterocycles. The van der Waals surface area contributed by atoms with E-state index in [0.29, 0.717) is 18.3 Å². The average molecular weight is 170 g/mol. The van der Waals surface area contributed by atoms with E-state index in [2.05, 4.69) is 13.8 Å². The Morgan fingerprint density at radius 3 is 2.50 bits per heavy atom. The number of aliphatic hydroxyl groups excluding tert-OH is 1. The van der Waals surface area contributed by atoms with Crippen LogP contribution in [0.25, 0.3) is 0 Å². The number of aliphatic hydroxyl groups is 2. The van der Waals surface area contributed by atoms with E-state index in [9.17, 15) is 10.2 Å². The molecule has 12 heavy (non-hydrogen) atoms. The van der Waals surface area contributed by atoms with Crippen molar-refractivity contribution in [3.63, 3.8) is 0 Å². The van der Waals surface area contributed by atoms with Gasteiger partial charge in [0.2, 0.25) is 0 Å². The molecule has 1 rings (SSSR count). The average Bonchev–Trinajstić information content (AvgIpc) is 1.94. The maximum Gasteiger partial charge on any atom is 0.106 e. The zero-order valence-electron chi connectivity index (χ0n) is 7.99. The first kappa shape index (κ1) is 9.75. The van der Waals surface area contributed by atoms with Crippen LogP contribution >= 0.6 is 0 Å². The highest BCUT2D eigenvalue weighted by molar-refractivity contribution is 5.10. The Kier molecular flexibility index (Phi) is 2.59. The number of hydrogen-bond acceptors (Lipinski definition) is 2. The first-order chi connectivity index (χ1) is 5.43. The Balaban J connectivity index is 2.70. The van der Waals surface area contributed by atoms with Gasteiger partial charge >= 0.3 is 0 Å². The Morgan fingerprint density at radius 2 is 2.08 bits per heavy atom. The fraction of sp³-hybridized carbons (Fsp3) is 0.800. The molecule has 0 spiro atoms. The van der Waals surface area contributed by atoms with E-state index in [1.54, 1.807) is 13.0 Å². The predicted molar refractivity (Wildman–Crippen MR) is 48.7 cm³/mol. The fourth-order valence-electron chi connectivity index (χ4n) is 1.50. The van der Waals surface area contributed by atoms with Crippen LogP contribution in [0.1, 0.15) is 27.2 Å². The van der Waals surface area contributed by atoms with Crippen molar-refractivity contribution in [1.82, 2.24) is 0 Å². The van der Waals surface area contributed by atoms with Crippen LogP contribution in [0.4, 0.5) is 0 Å². The number of allylic oxidation sites excluding steroid dienone is 1. The van der Waals surface area contributed by atoms with E-state index in [1.807, 2.05) is 6.08 Å². The highest BCUT2D eigenvalue weighted by Gasteiger charge is 2.33. The monoisotopic (exact) mass is 170 g/mol. The maximum atomic E-state index is 9.61. The molecule has 0 radical (unpaired) electrons. The van der Waals surface area contributed by atoms with Gasteiger partial charge in [-0.25, -0.2) is 0 Å². The number of hydrogen-bond donors (Lipinski definition) is 2. The second kappa shape index (κ2) is 3.19. The van der Waals surface area contributed by atoms with Gasteiger partial charge < -0.3 is 10.2 Å². The Morgan fingerprint density at radius 1 is 1.50 bits per heavy atom. The molecule has 0 heterocycles. The lowest BCUT2D eigenvalue weighted by atomic mass is 9.79. The molecule has 1 aliphatic carbocycles. The van der Waals surface area contributed by atoms with Crippen LogP contribution in [0.15, 0.2) is 12.2 Å². The van der Waals surface area contributed by atoms with Gasteiger partial charge in [0.15, 0.2) is 0 Å². The molecule has 2 N–H and O–H groups in total. The van der Waals surface area contributed by atoms with Crippen molar-refractivity contribution in [2.24, 2.45) is 11.8 Å². The first-order valence-electron chi connectivity index (χ1n) is 4.53. The molecule has 2 nitrogen and oxygen atoms in total. The molecule has 0 amide bonds. The van der Waals surface area contributed by atoms with Crippen molar-refractivity contribution < 1.29 is 10.2 Å². The van der Waals surface area contributed by atoms with Crippen LogP contribution in [0.5, 0.6) is 0 Å². The fourth-order valence-corrected chi connectivity index (χ4v) is 1.50. The Bertz CT molecular complexity index is 182. The maximum absolute atomic E-state index is 9.61. The zero-order valence-corrected chi connectivity index (χ0v) is 7.99.